The molecule has 2 aromatic rings. The van der Waals surface area contributed by atoms with Crippen LogP contribution in [-0.2, 0) is 0 Å². The number of rotatable bonds is 2. The van der Waals surface area contributed by atoms with Gasteiger partial charge in [-0.2, -0.15) is 5.10 Å². The Labute approximate surface area is 90.8 Å². The van der Waals surface area contributed by atoms with Gasteiger partial charge < -0.3 is 10.8 Å². The van der Waals surface area contributed by atoms with Crippen molar-refractivity contribution >= 4 is 11.9 Å². The van der Waals surface area contributed by atoms with E-state index in [9.17, 15) is 4.79 Å². The minimum absolute atomic E-state index is 0.0539. The zero-order valence-corrected chi connectivity index (χ0v) is 8.16. The Balaban J connectivity index is 2.48. The lowest BCUT2D eigenvalue weighted by Crippen LogP contribution is -1.99. The third-order valence-corrected chi connectivity index (χ3v) is 1.98. The first-order chi connectivity index (χ1) is 7.66. The molecule has 2 rings (SSSR count). The van der Waals surface area contributed by atoms with Crippen molar-refractivity contribution in [3.8, 4) is 11.3 Å². The standard InChI is InChI=1S/C10H8N4O2/c11-10-13-8(5-12-14-10)6-2-1-3-7(4-6)9(15)16/h1-5H,(H,15,16)(H2,11,13,14). The predicted octanol–water partition coefficient (Wildman–Crippen LogP) is 0.819. The minimum atomic E-state index is -0.989. The van der Waals surface area contributed by atoms with Gasteiger partial charge in [0.15, 0.2) is 0 Å². The fourth-order valence-electron chi connectivity index (χ4n) is 1.27. The molecule has 1 aromatic heterocycles. The summed E-state index contributed by atoms with van der Waals surface area (Å²) in [7, 11) is 0. The number of anilines is 1. The Kier molecular flexibility index (Phi) is 2.47. The van der Waals surface area contributed by atoms with Crippen LogP contribution in [0.15, 0.2) is 30.5 Å². The third-order valence-electron chi connectivity index (χ3n) is 1.98. The van der Waals surface area contributed by atoms with Crippen molar-refractivity contribution in [1.82, 2.24) is 15.2 Å². The first-order valence-electron chi connectivity index (χ1n) is 4.46. The van der Waals surface area contributed by atoms with E-state index in [1.807, 2.05) is 0 Å². The summed E-state index contributed by atoms with van der Waals surface area (Å²) < 4.78 is 0. The molecule has 6 nitrogen and oxygen atoms in total. The number of nitrogens with zero attached hydrogens (tertiary/aromatic N) is 3. The van der Waals surface area contributed by atoms with Crippen molar-refractivity contribution in [2.75, 3.05) is 5.73 Å². The molecule has 0 saturated heterocycles. The summed E-state index contributed by atoms with van der Waals surface area (Å²) in [6.45, 7) is 0. The molecule has 0 atom stereocenters. The Morgan fingerprint density at radius 3 is 2.88 bits per heavy atom. The van der Waals surface area contributed by atoms with Crippen molar-refractivity contribution in [2.24, 2.45) is 0 Å². The fourth-order valence-corrected chi connectivity index (χ4v) is 1.27. The van der Waals surface area contributed by atoms with Crippen molar-refractivity contribution in [3.63, 3.8) is 0 Å². The second kappa shape index (κ2) is 3.93. The molecule has 0 aliphatic rings. The van der Waals surface area contributed by atoms with Crippen LogP contribution in [-0.4, -0.2) is 26.3 Å². The molecule has 6 heteroatoms. The van der Waals surface area contributed by atoms with Crippen LogP contribution in [0.5, 0.6) is 0 Å². The molecule has 0 fully saturated rings. The van der Waals surface area contributed by atoms with Crippen LogP contribution < -0.4 is 5.73 Å². The maximum Gasteiger partial charge on any atom is 0.335 e. The third kappa shape index (κ3) is 1.95. The molecule has 80 valence electrons. The van der Waals surface area contributed by atoms with Crippen LogP contribution in [0, 0.1) is 0 Å². The highest BCUT2D eigenvalue weighted by atomic mass is 16.4. The van der Waals surface area contributed by atoms with Crippen LogP contribution in [0.1, 0.15) is 10.4 Å². The van der Waals surface area contributed by atoms with Crippen LogP contribution in [0.4, 0.5) is 5.95 Å². The monoisotopic (exact) mass is 216 g/mol. The van der Waals surface area contributed by atoms with Gasteiger partial charge in [-0.3, -0.25) is 0 Å². The minimum Gasteiger partial charge on any atom is -0.478 e. The SMILES string of the molecule is Nc1nncc(-c2cccc(C(=O)O)c2)n1. The number of carboxylic acid groups (broad SMARTS) is 1. The summed E-state index contributed by atoms with van der Waals surface area (Å²) >= 11 is 0. The van der Waals surface area contributed by atoms with Crippen LogP contribution >= 0.6 is 0 Å². The first kappa shape index (κ1) is 10.0. The van der Waals surface area contributed by atoms with E-state index in [0.29, 0.717) is 11.3 Å². The Hall–Kier alpha value is -2.50. The highest BCUT2D eigenvalue weighted by molar-refractivity contribution is 5.89. The molecule has 0 bridgehead atoms. The van der Waals surface area contributed by atoms with Crippen LogP contribution in [0.3, 0.4) is 0 Å². The molecular weight excluding hydrogens is 208 g/mol. The fraction of sp³-hybridized carbons (Fsp3) is 0. The van der Waals surface area contributed by atoms with Gasteiger partial charge in [-0.05, 0) is 12.1 Å². The van der Waals surface area contributed by atoms with Gasteiger partial charge in [0, 0.05) is 5.56 Å². The number of aromatic nitrogens is 3. The zero-order chi connectivity index (χ0) is 11.5. The van der Waals surface area contributed by atoms with E-state index >= 15 is 0 Å². The van der Waals surface area contributed by atoms with Crippen molar-refractivity contribution in [2.45, 2.75) is 0 Å². The Morgan fingerprint density at radius 2 is 2.19 bits per heavy atom. The van der Waals surface area contributed by atoms with Crippen LogP contribution in [0.2, 0.25) is 0 Å². The number of nitrogens with two attached hydrogens (primary N) is 1. The maximum atomic E-state index is 10.8. The molecule has 1 aromatic carbocycles. The average molecular weight is 216 g/mol. The summed E-state index contributed by atoms with van der Waals surface area (Å²) in [4.78, 5) is 14.7. The summed E-state index contributed by atoms with van der Waals surface area (Å²) in [6.07, 6.45) is 1.43. The van der Waals surface area contributed by atoms with E-state index in [-0.39, 0.29) is 11.5 Å². The number of aromatic carboxylic acids is 1. The van der Waals surface area contributed by atoms with Gasteiger partial charge in [0.1, 0.15) is 0 Å². The zero-order valence-electron chi connectivity index (χ0n) is 8.16. The lowest BCUT2D eigenvalue weighted by Gasteiger charge is -2.01. The smallest absolute Gasteiger partial charge is 0.335 e. The number of benzene rings is 1. The van der Waals surface area contributed by atoms with E-state index < -0.39 is 5.97 Å². The topological polar surface area (TPSA) is 102 Å². The summed E-state index contributed by atoms with van der Waals surface area (Å²) in [6, 6.07) is 6.38. The summed E-state index contributed by atoms with van der Waals surface area (Å²) in [5.74, 6) is -0.935. The van der Waals surface area contributed by atoms with Gasteiger partial charge in [-0.25, -0.2) is 9.78 Å². The quantitative estimate of drug-likeness (QED) is 0.770. The van der Waals surface area contributed by atoms with E-state index in [1.54, 1.807) is 12.1 Å². The summed E-state index contributed by atoms with van der Waals surface area (Å²) in [5, 5.41) is 16.0. The highest BCUT2D eigenvalue weighted by Crippen LogP contribution is 2.17. The Morgan fingerprint density at radius 1 is 1.38 bits per heavy atom. The molecule has 0 saturated carbocycles. The predicted molar refractivity (Wildman–Crippen MR) is 56.6 cm³/mol. The molecule has 0 amide bonds. The van der Waals surface area contributed by atoms with Gasteiger partial charge in [0.2, 0.25) is 5.95 Å². The number of hydrogen-bond acceptors (Lipinski definition) is 5. The highest BCUT2D eigenvalue weighted by Gasteiger charge is 2.06. The first-order valence-corrected chi connectivity index (χ1v) is 4.46. The molecule has 16 heavy (non-hydrogen) atoms. The van der Waals surface area contributed by atoms with Gasteiger partial charge in [0.25, 0.3) is 0 Å². The second-order valence-electron chi connectivity index (χ2n) is 3.09. The van der Waals surface area contributed by atoms with Crippen molar-refractivity contribution in [3.05, 3.63) is 36.0 Å². The van der Waals surface area contributed by atoms with E-state index in [1.165, 1.54) is 18.3 Å². The second-order valence-corrected chi connectivity index (χ2v) is 3.09. The van der Waals surface area contributed by atoms with Gasteiger partial charge in [-0.1, -0.05) is 12.1 Å². The van der Waals surface area contributed by atoms with Gasteiger partial charge in [0.05, 0.1) is 17.5 Å². The normalized spacial score (nSPS) is 10.0. The summed E-state index contributed by atoms with van der Waals surface area (Å²) in [5.41, 5.74) is 6.72. The molecule has 0 unspecified atom stereocenters. The van der Waals surface area contributed by atoms with E-state index in [0.717, 1.165) is 0 Å². The lowest BCUT2D eigenvalue weighted by atomic mass is 10.1. The molecular formula is C10H8N4O2. The molecule has 0 radical (unpaired) electrons. The molecule has 0 aliphatic carbocycles. The van der Waals surface area contributed by atoms with Crippen molar-refractivity contribution in [1.29, 1.82) is 0 Å². The molecule has 1 heterocycles. The molecule has 0 spiro atoms. The van der Waals surface area contributed by atoms with Gasteiger partial charge in [-0.15, -0.1) is 5.10 Å². The van der Waals surface area contributed by atoms with Crippen molar-refractivity contribution < 1.29 is 9.90 Å². The lowest BCUT2D eigenvalue weighted by molar-refractivity contribution is 0.0697. The number of hydrogen-bond donors (Lipinski definition) is 2. The molecule has 3 N–H and O–H groups in total. The van der Waals surface area contributed by atoms with Crippen LogP contribution in [0.25, 0.3) is 11.3 Å². The molecule has 0 aliphatic heterocycles. The Bertz CT molecular complexity index is 542. The average Bonchev–Trinajstić information content (AvgIpc) is 2.29. The maximum absolute atomic E-state index is 10.8. The number of nitrogen functional groups attached to an aromatic ring is 1. The van der Waals surface area contributed by atoms with Gasteiger partial charge >= 0.3 is 5.97 Å². The number of carboxylic acids is 1. The largest absolute Gasteiger partial charge is 0.478 e. The van der Waals surface area contributed by atoms with E-state index in [2.05, 4.69) is 15.2 Å². The van der Waals surface area contributed by atoms with E-state index in [4.69, 9.17) is 10.8 Å². The number of carbonyl (C=O) groups is 1.